The molecule has 2 aromatic carbocycles. The van der Waals surface area contributed by atoms with Gasteiger partial charge >= 0.3 is 5.97 Å². The lowest BCUT2D eigenvalue weighted by molar-refractivity contribution is -0.142. The molecule has 2 rings (SSSR count). The van der Waals surface area contributed by atoms with Crippen LogP contribution in [0.3, 0.4) is 0 Å². The van der Waals surface area contributed by atoms with Crippen molar-refractivity contribution in [1.82, 2.24) is 0 Å². The van der Waals surface area contributed by atoms with Crippen molar-refractivity contribution in [3.05, 3.63) is 77.9 Å². The molecule has 0 aliphatic rings. The summed E-state index contributed by atoms with van der Waals surface area (Å²) in [5.74, 6) is -1.82. The number of hydrogen-bond acceptors (Lipinski definition) is 4. The number of carbonyl (C=O) groups is 1. The maximum atomic E-state index is 12.1. The maximum Gasteiger partial charge on any atom is 0.306 e. The lowest BCUT2D eigenvalue weighted by Gasteiger charge is -2.16. The molecule has 0 fully saturated rings. The summed E-state index contributed by atoms with van der Waals surface area (Å²) in [5, 5.41) is 18.4. The summed E-state index contributed by atoms with van der Waals surface area (Å²) >= 11 is 0. The van der Waals surface area contributed by atoms with Gasteiger partial charge in [0, 0.05) is 5.92 Å². The van der Waals surface area contributed by atoms with Crippen LogP contribution in [0.15, 0.2) is 66.7 Å². The number of rotatable bonds is 7. The first-order valence-corrected chi connectivity index (χ1v) is 7.96. The Labute approximate surface area is 147 Å². The molecule has 1 atom stereocenters. The second-order valence-corrected chi connectivity index (χ2v) is 5.45. The highest BCUT2D eigenvalue weighted by molar-refractivity contribution is 5.71. The van der Waals surface area contributed by atoms with E-state index in [-0.39, 0.29) is 13.0 Å². The average Bonchev–Trinajstić information content (AvgIpc) is 2.67. The highest BCUT2D eigenvalue weighted by atomic mass is 16.5. The molecular weight excluding hydrogens is 312 g/mol. The molecule has 0 aliphatic carbocycles. The Morgan fingerprint density at radius 1 is 1.00 bits per heavy atom. The van der Waals surface area contributed by atoms with Crippen molar-refractivity contribution in [2.24, 2.45) is 5.92 Å². The second kappa shape index (κ2) is 9.70. The van der Waals surface area contributed by atoms with Crippen LogP contribution in [0, 0.1) is 28.6 Å². The van der Waals surface area contributed by atoms with Crippen LogP contribution in [0.4, 0.5) is 0 Å². The SMILES string of the molecule is N#CC(C#N)C(CC(=O)OC/C=C/c1ccccc1)c1ccccc1. The van der Waals surface area contributed by atoms with E-state index in [2.05, 4.69) is 0 Å². The molecular formula is C21H18N2O2. The van der Waals surface area contributed by atoms with Gasteiger partial charge in [-0.05, 0) is 17.2 Å². The minimum absolute atomic E-state index is 0.00498. The molecule has 0 radical (unpaired) electrons. The molecule has 0 aliphatic heterocycles. The van der Waals surface area contributed by atoms with Crippen LogP contribution in [0.2, 0.25) is 0 Å². The topological polar surface area (TPSA) is 73.9 Å². The highest BCUT2D eigenvalue weighted by Crippen LogP contribution is 2.28. The third-order valence-electron chi connectivity index (χ3n) is 3.75. The molecule has 0 saturated heterocycles. The summed E-state index contributed by atoms with van der Waals surface area (Å²) < 4.78 is 5.21. The first-order valence-electron chi connectivity index (χ1n) is 7.96. The van der Waals surface area contributed by atoms with Gasteiger partial charge in [0.15, 0.2) is 0 Å². The number of carbonyl (C=O) groups excluding carboxylic acids is 1. The van der Waals surface area contributed by atoms with Crippen molar-refractivity contribution in [1.29, 1.82) is 10.5 Å². The van der Waals surface area contributed by atoms with Gasteiger partial charge in [-0.25, -0.2) is 0 Å². The van der Waals surface area contributed by atoms with E-state index in [1.807, 2.05) is 78.9 Å². The van der Waals surface area contributed by atoms with Crippen molar-refractivity contribution < 1.29 is 9.53 Å². The maximum absolute atomic E-state index is 12.1. The van der Waals surface area contributed by atoms with Gasteiger partial charge in [-0.15, -0.1) is 0 Å². The van der Waals surface area contributed by atoms with Crippen molar-refractivity contribution in [2.45, 2.75) is 12.3 Å². The van der Waals surface area contributed by atoms with Gasteiger partial charge in [-0.3, -0.25) is 4.79 Å². The third-order valence-corrected chi connectivity index (χ3v) is 3.75. The fraction of sp³-hybridized carbons (Fsp3) is 0.190. The molecule has 4 heteroatoms. The van der Waals surface area contributed by atoms with E-state index in [0.29, 0.717) is 0 Å². The van der Waals surface area contributed by atoms with E-state index in [1.54, 1.807) is 6.08 Å². The fourth-order valence-corrected chi connectivity index (χ4v) is 2.47. The standard InChI is InChI=1S/C21H18N2O2/c22-15-19(16-23)20(18-11-5-2-6-12-18)14-21(24)25-13-7-10-17-8-3-1-4-9-17/h1-12,19-20H,13-14H2/b10-7+. The summed E-state index contributed by atoms with van der Waals surface area (Å²) in [4.78, 5) is 12.1. The monoisotopic (exact) mass is 330 g/mol. The van der Waals surface area contributed by atoms with Crippen LogP contribution < -0.4 is 0 Å². The number of nitrogens with zero attached hydrogens (tertiary/aromatic N) is 2. The van der Waals surface area contributed by atoms with E-state index in [4.69, 9.17) is 4.74 Å². The minimum Gasteiger partial charge on any atom is -0.461 e. The van der Waals surface area contributed by atoms with Gasteiger partial charge in [0.05, 0.1) is 18.6 Å². The van der Waals surface area contributed by atoms with Gasteiger partial charge in [-0.2, -0.15) is 10.5 Å². The van der Waals surface area contributed by atoms with E-state index in [0.717, 1.165) is 11.1 Å². The molecule has 0 spiro atoms. The van der Waals surface area contributed by atoms with E-state index in [1.165, 1.54) is 0 Å². The minimum atomic E-state index is -0.894. The van der Waals surface area contributed by atoms with Gasteiger partial charge in [0.2, 0.25) is 0 Å². The number of benzene rings is 2. The first-order chi connectivity index (χ1) is 12.2. The molecule has 0 bridgehead atoms. The Morgan fingerprint density at radius 2 is 1.60 bits per heavy atom. The Kier molecular flexibility index (Phi) is 6.97. The van der Waals surface area contributed by atoms with E-state index in [9.17, 15) is 15.3 Å². The summed E-state index contributed by atoms with van der Waals surface area (Å²) in [7, 11) is 0. The predicted molar refractivity (Wildman–Crippen MR) is 95.0 cm³/mol. The fourth-order valence-electron chi connectivity index (χ4n) is 2.47. The van der Waals surface area contributed by atoms with Crippen LogP contribution in [0.25, 0.3) is 6.08 Å². The largest absolute Gasteiger partial charge is 0.461 e. The summed E-state index contributed by atoms with van der Waals surface area (Å²) in [6.45, 7) is 0.152. The summed E-state index contributed by atoms with van der Waals surface area (Å²) in [5.41, 5.74) is 1.81. The number of hydrogen-bond donors (Lipinski definition) is 0. The molecule has 0 heterocycles. The van der Waals surface area contributed by atoms with Gasteiger partial charge in [-0.1, -0.05) is 66.7 Å². The molecule has 25 heavy (non-hydrogen) atoms. The number of ether oxygens (including phenoxy) is 1. The van der Waals surface area contributed by atoms with Crippen LogP contribution in [-0.2, 0) is 9.53 Å². The lowest BCUT2D eigenvalue weighted by Crippen LogP contribution is -2.16. The molecule has 2 aromatic rings. The van der Waals surface area contributed by atoms with Crippen molar-refractivity contribution in [3.63, 3.8) is 0 Å². The van der Waals surface area contributed by atoms with Crippen molar-refractivity contribution >= 4 is 12.0 Å². The normalized spacial score (nSPS) is 11.6. The molecule has 4 nitrogen and oxygen atoms in total. The third kappa shape index (κ3) is 5.64. The van der Waals surface area contributed by atoms with Crippen LogP contribution in [0.5, 0.6) is 0 Å². The van der Waals surface area contributed by atoms with E-state index < -0.39 is 17.8 Å². The quantitative estimate of drug-likeness (QED) is 0.717. The zero-order valence-corrected chi connectivity index (χ0v) is 13.7. The van der Waals surface area contributed by atoms with Gasteiger partial charge in [0.25, 0.3) is 0 Å². The smallest absolute Gasteiger partial charge is 0.306 e. The van der Waals surface area contributed by atoms with Gasteiger partial charge < -0.3 is 4.74 Å². The Hall–Kier alpha value is -3.37. The number of nitriles is 2. The molecule has 0 amide bonds. The molecule has 0 N–H and O–H groups in total. The van der Waals surface area contributed by atoms with Crippen LogP contribution in [0.1, 0.15) is 23.5 Å². The van der Waals surface area contributed by atoms with Crippen molar-refractivity contribution in [3.8, 4) is 12.1 Å². The Balaban J connectivity index is 1.95. The van der Waals surface area contributed by atoms with Crippen LogP contribution in [-0.4, -0.2) is 12.6 Å². The van der Waals surface area contributed by atoms with E-state index >= 15 is 0 Å². The zero-order chi connectivity index (χ0) is 17.9. The molecule has 124 valence electrons. The number of esters is 1. The van der Waals surface area contributed by atoms with Crippen LogP contribution >= 0.6 is 0 Å². The summed E-state index contributed by atoms with van der Waals surface area (Å²) in [6.07, 6.45) is 3.63. The Morgan fingerprint density at radius 3 is 2.20 bits per heavy atom. The zero-order valence-electron chi connectivity index (χ0n) is 13.7. The first kappa shape index (κ1) is 18.0. The average molecular weight is 330 g/mol. The highest BCUT2D eigenvalue weighted by Gasteiger charge is 2.26. The summed E-state index contributed by atoms with van der Waals surface area (Å²) in [6, 6.07) is 22.7. The predicted octanol–water partition coefficient (Wildman–Crippen LogP) is 4.08. The molecule has 1 unspecified atom stereocenters. The molecule has 0 saturated carbocycles. The lowest BCUT2D eigenvalue weighted by atomic mass is 9.85. The molecule has 0 aromatic heterocycles. The Bertz CT molecular complexity index is 772. The van der Waals surface area contributed by atoms with Gasteiger partial charge in [0.1, 0.15) is 12.5 Å². The van der Waals surface area contributed by atoms with Crippen molar-refractivity contribution in [2.75, 3.05) is 6.61 Å². The second-order valence-electron chi connectivity index (χ2n) is 5.45.